The molecule has 0 aliphatic carbocycles. The molecule has 40 heavy (non-hydrogen) atoms. The van der Waals surface area contributed by atoms with E-state index in [0.717, 1.165) is 55.8 Å². The van der Waals surface area contributed by atoms with E-state index in [-0.39, 0.29) is 24.4 Å². The molecule has 2 fully saturated rings. The molecule has 2 aliphatic heterocycles. The molecular formula is C28H31ClN6O4S. The van der Waals surface area contributed by atoms with Crippen molar-refractivity contribution < 1.29 is 18.8 Å². The van der Waals surface area contributed by atoms with Gasteiger partial charge < -0.3 is 24.4 Å². The van der Waals surface area contributed by atoms with Gasteiger partial charge in [0.05, 0.1) is 26.7 Å². The Kier molecular flexibility index (Phi) is 7.52. The van der Waals surface area contributed by atoms with Crippen LogP contribution in [0.3, 0.4) is 0 Å². The predicted molar refractivity (Wildman–Crippen MR) is 153 cm³/mol. The minimum absolute atomic E-state index is 0.0380. The van der Waals surface area contributed by atoms with E-state index < -0.39 is 6.09 Å². The van der Waals surface area contributed by atoms with Gasteiger partial charge in [-0.1, -0.05) is 16.8 Å². The molecule has 12 heteroatoms. The van der Waals surface area contributed by atoms with Crippen LogP contribution in [0.4, 0.5) is 4.79 Å². The summed E-state index contributed by atoms with van der Waals surface area (Å²) in [4.78, 5) is 30.9. The Balaban J connectivity index is 1.24. The number of ether oxygens (including phenoxy) is 1. The highest BCUT2D eigenvalue weighted by Gasteiger charge is 2.26. The minimum Gasteiger partial charge on any atom is -0.389 e. The zero-order valence-electron chi connectivity index (χ0n) is 22.4. The molecule has 210 valence electrons. The van der Waals surface area contributed by atoms with Crippen LogP contribution < -0.4 is 10.1 Å². The van der Waals surface area contributed by atoms with Crippen molar-refractivity contribution in [3.05, 3.63) is 52.0 Å². The van der Waals surface area contributed by atoms with E-state index in [0.29, 0.717) is 32.8 Å². The first kappa shape index (κ1) is 26.8. The van der Waals surface area contributed by atoms with Gasteiger partial charge in [0.25, 0.3) is 11.8 Å². The van der Waals surface area contributed by atoms with Crippen molar-refractivity contribution in [3.63, 3.8) is 0 Å². The molecule has 1 N–H and O–H groups in total. The number of likely N-dealkylation sites (tertiary alicyclic amines) is 2. The van der Waals surface area contributed by atoms with Crippen LogP contribution >= 0.6 is 22.9 Å². The summed E-state index contributed by atoms with van der Waals surface area (Å²) < 4.78 is 13.7. The molecule has 10 nitrogen and oxygen atoms in total. The minimum atomic E-state index is -0.549. The Hall–Kier alpha value is -3.41. The second-order valence-electron chi connectivity index (χ2n) is 10.6. The Labute approximate surface area is 240 Å². The SMILES string of the molecule is CC(C)N1CCC(NC(=O)Oc2nn(Cc3cc(-c4ccc(Cl)s4)on3)c3ccc(C(=O)N4CCC4)cc23)CC1. The first-order valence-corrected chi connectivity index (χ1v) is 14.8. The van der Waals surface area contributed by atoms with Crippen LogP contribution in [0.15, 0.2) is 40.9 Å². The number of thiophene rings is 1. The lowest BCUT2D eigenvalue weighted by Gasteiger charge is -2.34. The van der Waals surface area contributed by atoms with Crippen LogP contribution in [0.5, 0.6) is 5.88 Å². The summed E-state index contributed by atoms with van der Waals surface area (Å²) in [5.41, 5.74) is 1.91. The van der Waals surface area contributed by atoms with Gasteiger partial charge in [0, 0.05) is 49.9 Å². The number of amides is 2. The molecule has 6 rings (SSSR count). The lowest BCUT2D eigenvalue weighted by molar-refractivity contribution is 0.0652. The number of fused-ring (bicyclic) bond motifs is 1. The monoisotopic (exact) mass is 582 g/mol. The van der Waals surface area contributed by atoms with Crippen molar-refractivity contribution in [3.8, 4) is 16.5 Å². The molecule has 3 aromatic heterocycles. The van der Waals surface area contributed by atoms with E-state index in [1.807, 2.05) is 24.3 Å². The van der Waals surface area contributed by atoms with Crippen LogP contribution in [0.1, 0.15) is 49.2 Å². The first-order valence-electron chi connectivity index (χ1n) is 13.6. The van der Waals surface area contributed by atoms with Gasteiger partial charge in [0.15, 0.2) is 5.76 Å². The average Bonchev–Trinajstić information content (AvgIpc) is 3.63. The maximum Gasteiger partial charge on any atom is 0.414 e. The average molecular weight is 583 g/mol. The fourth-order valence-electron chi connectivity index (χ4n) is 5.13. The van der Waals surface area contributed by atoms with Crippen molar-refractivity contribution in [2.75, 3.05) is 26.2 Å². The van der Waals surface area contributed by atoms with E-state index in [4.69, 9.17) is 20.9 Å². The first-order chi connectivity index (χ1) is 19.3. The van der Waals surface area contributed by atoms with E-state index in [9.17, 15) is 9.59 Å². The molecule has 5 heterocycles. The lowest BCUT2D eigenvalue weighted by atomic mass is 10.0. The molecule has 0 bridgehead atoms. The second-order valence-corrected chi connectivity index (χ2v) is 12.3. The maximum absolute atomic E-state index is 12.9. The normalized spacial score (nSPS) is 16.4. The molecule has 0 spiro atoms. The highest BCUT2D eigenvalue weighted by molar-refractivity contribution is 7.19. The van der Waals surface area contributed by atoms with Gasteiger partial charge in [-0.25, -0.2) is 4.79 Å². The number of benzene rings is 1. The smallest absolute Gasteiger partial charge is 0.389 e. The van der Waals surface area contributed by atoms with E-state index in [1.54, 1.807) is 21.7 Å². The standard InChI is InChI=1S/C28H31ClN6O4S/c1-17(2)33-12-8-19(9-13-33)30-28(37)38-26-21-14-18(27(36)34-10-3-11-34)4-5-22(21)35(31-26)16-20-15-23(39-32-20)24-6-7-25(29)40-24/h4-7,14-15,17,19H,3,8-13,16H2,1-2H3,(H,30,37). The fourth-order valence-corrected chi connectivity index (χ4v) is 6.12. The Morgan fingerprint density at radius 2 is 1.95 bits per heavy atom. The van der Waals surface area contributed by atoms with Crippen molar-refractivity contribution in [2.24, 2.45) is 0 Å². The van der Waals surface area contributed by atoms with Gasteiger partial charge in [-0.3, -0.25) is 9.48 Å². The number of hydrogen-bond donors (Lipinski definition) is 1. The molecule has 4 aromatic rings. The zero-order valence-corrected chi connectivity index (χ0v) is 24.0. The van der Waals surface area contributed by atoms with Gasteiger partial charge in [-0.2, -0.15) is 0 Å². The molecule has 2 saturated heterocycles. The van der Waals surface area contributed by atoms with Gasteiger partial charge in [-0.15, -0.1) is 16.4 Å². The van der Waals surface area contributed by atoms with Crippen LogP contribution in [-0.4, -0.2) is 75.0 Å². The summed E-state index contributed by atoms with van der Waals surface area (Å²) in [6, 6.07) is 11.4. The van der Waals surface area contributed by atoms with E-state index in [2.05, 4.69) is 34.3 Å². The number of carbonyl (C=O) groups is 2. The van der Waals surface area contributed by atoms with Crippen molar-refractivity contribution in [2.45, 2.75) is 51.7 Å². The fraction of sp³-hybridized carbons (Fsp3) is 0.429. The molecule has 2 aliphatic rings. The maximum atomic E-state index is 12.9. The van der Waals surface area contributed by atoms with Crippen molar-refractivity contribution in [1.29, 1.82) is 0 Å². The number of aromatic nitrogens is 3. The topological polar surface area (TPSA) is 106 Å². The van der Waals surface area contributed by atoms with E-state index >= 15 is 0 Å². The number of hydrogen-bond acceptors (Lipinski definition) is 8. The molecule has 0 atom stereocenters. The van der Waals surface area contributed by atoms with Crippen LogP contribution in [0, 0.1) is 0 Å². The van der Waals surface area contributed by atoms with Crippen LogP contribution in [0.25, 0.3) is 21.5 Å². The Morgan fingerprint density at radius 3 is 2.62 bits per heavy atom. The number of carbonyl (C=O) groups excluding carboxylic acids is 2. The van der Waals surface area contributed by atoms with Crippen LogP contribution in [0.2, 0.25) is 4.34 Å². The van der Waals surface area contributed by atoms with Crippen molar-refractivity contribution in [1.82, 2.24) is 30.1 Å². The summed E-state index contributed by atoms with van der Waals surface area (Å²) in [6.07, 6.45) is 2.18. The quantitative estimate of drug-likeness (QED) is 0.317. The molecule has 1 aromatic carbocycles. The zero-order chi connectivity index (χ0) is 27.8. The predicted octanol–water partition coefficient (Wildman–Crippen LogP) is 5.26. The molecule has 0 unspecified atom stereocenters. The molecule has 2 amide bonds. The third kappa shape index (κ3) is 5.59. The summed E-state index contributed by atoms with van der Waals surface area (Å²) in [7, 11) is 0. The number of piperidine rings is 1. The largest absolute Gasteiger partial charge is 0.414 e. The van der Waals surface area contributed by atoms with Gasteiger partial charge in [0.2, 0.25) is 0 Å². The Bertz CT molecular complexity index is 1530. The molecular weight excluding hydrogens is 552 g/mol. The summed E-state index contributed by atoms with van der Waals surface area (Å²) in [5.74, 6) is 0.730. The van der Waals surface area contributed by atoms with Crippen LogP contribution in [-0.2, 0) is 6.54 Å². The summed E-state index contributed by atoms with van der Waals surface area (Å²) in [6.45, 7) is 8.02. The third-order valence-corrected chi connectivity index (χ3v) is 8.81. The molecule has 0 radical (unpaired) electrons. The third-order valence-electron chi connectivity index (χ3n) is 7.56. The molecule has 0 saturated carbocycles. The van der Waals surface area contributed by atoms with E-state index in [1.165, 1.54) is 11.3 Å². The lowest BCUT2D eigenvalue weighted by Crippen LogP contribution is -2.47. The number of nitrogens with one attached hydrogen (secondary N) is 1. The van der Waals surface area contributed by atoms with Gasteiger partial charge >= 0.3 is 6.09 Å². The second kappa shape index (κ2) is 11.2. The van der Waals surface area contributed by atoms with Gasteiger partial charge in [-0.05, 0) is 63.4 Å². The van der Waals surface area contributed by atoms with Gasteiger partial charge in [0.1, 0.15) is 5.69 Å². The number of rotatable bonds is 7. The number of nitrogens with zero attached hydrogens (tertiary/aromatic N) is 5. The highest BCUT2D eigenvalue weighted by Crippen LogP contribution is 2.32. The Morgan fingerprint density at radius 1 is 1.15 bits per heavy atom. The van der Waals surface area contributed by atoms with Crippen molar-refractivity contribution >= 4 is 45.8 Å². The number of halogens is 1. The summed E-state index contributed by atoms with van der Waals surface area (Å²) in [5, 5.41) is 12.4. The highest BCUT2D eigenvalue weighted by atomic mass is 35.5. The summed E-state index contributed by atoms with van der Waals surface area (Å²) >= 11 is 7.48.